The number of rotatable bonds is 2. The Morgan fingerprint density at radius 1 is 1.08 bits per heavy atom. The van der Waals surface area contributed by atoms with Crippen LogP contribution in [0.5, 0.6) is 0 Å². The summed E-state index contributed by atoms with van der Waals surface area (Å²) >= 11 is 0. The lowest BCUT2D eigenvalue weighted by atomic mass is 9.92. The number of nitrogens with zero attached hydrogens (tertiary/aromatic N) is 2. The number of likely N-dealkylation sites (tertiary alicyclic amines) is 1. The predicted molar refractivity (Wildman–Crippen MR) is 95.9 cm³/mol. The first-order valence-corrected chi connectivity index (χ1v) is 9.60. The fourth-order valence-electron chi connectivity index (χ4n) is 4.54. The third-order valence-corrected chi connectivity index (χ3v) is 5.94. The molecule has 3 aliphatic heterocycles. The summed E-state index contributed by atoms with van der Waals surface area (Å²) in [6.07, 6.45) is 4.86. The maximum Gasteiger partial charge on any atom is 0.237 e. The van der Waals surface area contributed by atoms with E-state index >= 15 is 0 Å². The van der Waals surface area contributed by atoms with E-state index in [4.69, 9.17) is 0 Å². The highest BCUT2D eigenvalue weighted by molar-refractivity contribution is 5.83. The minimum absolute atomic E-state index is 0.0357. The lowest BCUT2D eigenvalue weighted by molar-refractivity contribution is -0.140. The van der Waals surface area contributed by atoms with Crippen molar-refractivity contribution in [1.82, 2.24) is 15.1 Å². The Kier molecular flexibility index (Phi) is 4.75. The Morgan fingerprint density at radius 3 is 2.76 bits per heavy atom. The number of piperidine rings is 2. The van der Waals surface area contributed by atoms with Gasteiger partial charge in [-0.15, -0.1) is 0 Å². The van der Waals surface area contributed by atoms with Crippen LogP contribution in [-0.4, -0.2) is 53.8 Å². The molecule has 2 fully saturated rings. The first-order valence-electron chi connectivity index (χ1n) is 9.60. The van der Waals surface area contributed by atoms with E-state index in [1.54, 1.807) is 0 Å². The molecule has 0 bridgehead atoms. The van der Waals surface area contributed by atoms with Gasteiger partial charge in [-0.05, 0) is 49.8 Å². The summed E-state index contributed by atoms with van der Waals surface area (Å²) in [4.78, 5) is 29.5. The van der Waals surface area contributed by atoms with Gasteiger partial charge in [0.05, 0.1) is 12.0 Å². The van der Waals surface area contributed by atoms with Crippen molar-refractivity contribution in [3.8, 4) is 0 Å². The Hall–Kier alpha value is -1.88. The monoisotopic (exact) mass is 341 g/mol. The molecule has 0 saturated carbocycles. The van der Waals surface area contributed by atoms with Gasteiger partial charge in [-0.3, -0.25) is 14.5 Å². The van der Waals surface area contributed by atoms with Crippen LogP contribution in [0, 0.1) is 5.92 Å². The summed E-state index contributed by atoms with van der Waals surface area (Å²) in [6, 6.07) is 8.39. The van der Waals surface area contributed by atoms with Gasteiger partial charge in [-0.25, -0.2) is 0 Å². The Balaban J connectivity index is 1.41. The van der Waals surface area contributed by atoms with Crippen molar-refractivity contribution in [3.05, 3.63) is 35.4 Å². The molecule has 4 rings (SSSR count). The summed E-state index contributed by atoms with van der Waals surface area (Å²) < 4.78 is 0. The van der Waals surface area contributed by atoms with E-state index in [1.807, 2.05) is 4.90 Å². The van der Waals surface area contributed by atoms with Crippen molar-refractivity contribution in [1.29, 1.82) is 0 Å². The highest BCUT2D eigenvalue weighted by Crippen LogP contribution is 2.26. The first-order chi connectivity index (χ1) is 12.2. The largest absolute Gasteiger partial charge is 0.355 e. The van der Waals surface area contributed by atoms with Crippen molar-refractivity contribution < 1.29 is 9.59 Å². The maximum atomic E-state index is 13.1. The molecule has 2 saturated heterocycles. The molecular formula is C20H27N3O2. The van der Waals surface area contributed by atoms with Crippen LogP contribution >= 0.6 is 0 Å². The molecular weight excluding hydrogens is 314 g/mol. The van der Waals surface area contributed by atoms with Crippen molar-refractivity contribution in [2.24, 2.45) is 5.92 Å². The van der Waals surface area contributed by atoms with E-state index in [0.717, 1.165) is 64.8 Å². The molecule has 1 aromatic carbocycles. The van der Waals surface area contributed by atoms with Crippen molar-refractivity contribution in [3.63, 3.8) is 0 Å². The van der Waals surface area contributed by atoms with Gasteiger partial charge in [0, 0.05) is 26.2 Å². The number of carbonyl (C=O) groups is 2. The van der Waals surface area contributed by atoms with Crippen molar-refractivity contribution in [2.75, 3.05) is 26.2 Å². The second-order valence-corrected chi connectivity index (χ2v) is 7.56. The topological polar surface area (TPSA) is 52.7 Å². The van der Waals surface area contributed by atoms with Crippen molar-refractivity contribution >= 4 is 11.8 Å². The van der Waals surface area contributed by atoms with E-state index in [2.05, 4.69) is 34.5 Å². The molecule has 25 heavy (non-hydrogen) atoms. The van der Waals surface area contributed by atoms with Crippen LogP contribution in [0.2, 0.25) is 0 Å². The molecule has 2 unspecified atom stereocenters. The number of fused-ring (bicyclic) bond motifs is 1. The molecule has 1 N–H and O–H groups in total. The average Bonchev–Trinajstić information content (AvgIpc) is 2.67. The Labute approximate surface area is 149 Å². The third-order valence-electron chi connectivity index (χ3n) is 5.94. The minimum Gasteiger partial charge on any atom is -0.355 e. The molecule has 134 valence electrons. The zero-order valence-electron chi connectivity index (χ0n) is 14.7. The summed E-state index contributed by atoms with van der Waals surface area (Å²) in [5, 5.41) is 2.97. The van der Waals surface area contributed by atoms with Crippen LogP contribution in [-0.2, 0) is 22.6 Å². The molecule has 5 heteroatoms. The van der Waals surface area contributed by atoms with Gasteiger partial charge in [0.1, 0.15) is 0 Å². The fraction of sp³-hybridized carbons (Fsp3) is 0.600. The molecule has 3 heterocycles. The van der Waals surface area contributed by atoms with Crippen molar-refractivity contribution in [2.45, 2.75) is 44.7 Å². The van der Waals surface area contributed by atoms with Crippen LogP contribution in [0.1, 0.15) is 36.8 Å². The van der Waals surface area contributed by atoms with Gasteiger partial charge in [0.2, 0.25) is 11.8 Å². The number of hydrogen-bond acceptors (Lipinski definition) is 3. The molecule has 5 nitrogen and oxygen atoms in total. The molecule has 3 aliphatic rings. The van der Waals surface area contributed by atoms with Gasteiger partial charge in [-0.1, -0.05) is 24.3 Å². The summed E-state index contributed by atoms with van der Waals surface area (Å²) in [6.45, 7) is 4.00. The van der Waals surface area contributed by atoms with E-state index in [0.29, 0.717) is 0 Å². The maximum absolute atomic E-state index is 13.1. The van der Waals surface area contributed by atoms with Gasteiger partial charge < -0.3 is 10.2 Å². The molecule has 0 spiro atoms. The number of hydrogen-bond donors (Lipinski definition) is 1. The second kappa shape index (κ2) is 7.16. The van der Waals surface area contributed by atoms with Crippen LogP contribution < -0.4 is 5.32 Å². The third kappa shape index (κ3) is 3.43. The highest BCUT2D eigenvalue weighted by atomic mass is 16.2. The van der Waals surface area contributed by atoms with Crippen LogP contribution in [0.25, 0.3) is 0 Å². The Bertz CT molecular complexity index is 660. The molecule has 1 aromatic rings. The fourth-order valence-corrected chi connectivity index (χ4v) is 4.54. The minimum atomic E-state index is -0.0357. The standard InChI is InChI=1S/C20H27N3O2/c24-19-18(8-3-10-21-19)22-11-4-7-17(14-22)20(25)23-12-9-15-5-1-2-6-16(15)13-23/h1-2,5-6,17-18H,3-4,7-14H2,(H,21,24). The highest BCUT2D eigenvalue weighted by Gasteiger charge is 2.36. The predicted octanol–water partition coefficient (Wildman–Crippen LogP) is 1.56. The zero-order valence-corrected chi connectivity index (χ0v) is 14.7. The Morgan fingerprint density at radius 2 is 1.92 bits per heavy atom. The SMILES string of the molecule is O=C1NCCCC1N1CCCC(C(=O)N2CCc3ccccc3C2)C1. The molecule has 0 aromatic heterocycles. The number of carbonyl (C=O) groups excluding carboxylic acids is 2. The summed E-state index contributed by atoms with van der Waals surface area (Å²) in [7, 11) is 0. The molecule has 2 amide bonds. The molecule has 2 atom stereocenters. The van der Waals surface area contributed by atoms with Gasteiger partial charge in [0.15, 0.2) is 0 Å². The molecule has 0 aliphatic carbocycles. The summed E-state index contributed by atoms with van der Waals surface area (Å²) in [5.41, 5.74) is 2.65. The van der Waals surface area contributed by atoms with Gasteiger partial charge in [-0.2, -0.15) is 0 Å². The number of benzene rings is 1. The quantitative estimate of drug-likeness (QED) is 0.888. The zero-order chi connectivity index (χ0) is 17.2. The summed E-state index contributed by atoms with van der Waals surface area (Å²) in [5.74, 6) is 0.454. The number of nitrogens with one attached hydrogen (secondary N) is 1. The van der Waals surface area contributed by atoms with Gasteiger partial charge in [0.25, 0.3) is 0 Å². The lowest BCUT2D eigenvalue weighted by Gasteiger charge is -2.40. The van der Waals surface area contributed by atoms with E-state index in [-0.39, 0.29) is 23.8 Å². The van der Waals surface area contributed by atoms with E-state index in [9.17, 15) is 9.59 Å². The lowest BCUT2D eigenvalue weighted by Crippen LogP contribution is -2.55. The smallest absolute Gasteiger partial charge is 0.237 e. The molecule has 0 radical (unpaired) electrons. The van der Waals surface area contributed by atoms with E-state index < -0.39 is 0 Å². The average molecular weight is 341 g/mol. The second-order valence-electron chi connectivity index (χ2n) is 7.56. The normalized spacial score (nSPS) is 27.5. The van der Waals surface area contributed by atoms with Crippen LogP contribution in [0.15, 0.2) is 24.3 Å². The van der Waals surface area contributed by atoms with Crippen LogP contribution in [0.4, 0.5) is 0 Å². The van der Waals surface area contributed by atoms with E-state index in [1.165, 1.54) is 11.1 Å². The van der Waals surface area contributed by atoms with Crippen LogP contribution in [0.3, 0.4) is 0 Å². The number of amides is 2. The first kappa shape index (κ1) is 16.6. The van der Waals surface area contributed by atoms with Gasteiger partial charge >= 0.3 is 0 Å².